The fraction of sp³-hybridized carbons (Fsp3) is 0.400. The van der Waals surface area contributed by atoms with Crippen LogP contribution in [0.25, 0.3) is 0 Å². The summed E-state index contributed by atoms with van der Waals surface area (Å²) in [6.07, 6.45) is -8.87. The Bertz CT molecular complexity index is 1280. The average Bonchev–Trinajstić information content (AvgIpc) is 2.84. The van der Waals surface area contributed by atoms with Crippen LogP contribution in [0, 0.1) is 13.8 Å². The fourth-order valence-electron chi connectivity index (χ4n) is 4.16. The van der Waals surface area contributed by atoms with Gasteiger partial charge in [0.2, 0.25) is 0 Å². The highest BCUT2D eigenvalue weighted by Gasteiger charge is 2.39. The van der Waals surface area contributed by atoms with E-state index < -0.39 is 52.9 Å². The van der Waals surface area contributed by atoms with E-state index in [0.29, 0.717) is 12.1 Å². The van der Waals surface area contributed by atoms with Crippen molar-refractivity contribution >= 4 is 17.8 Å². The van der Waals surface area contributed by atoms with E-state index >= 15 is 0 Å². The van der Waals surface area contributed by atoms with E-state index in [1.54, 1.807) is 0 Å². The Morgan fingerprint density at radius 2 is 1.59 bits per heavy atom. The van der Waals surface area contributed by atoms with Gasteiger partial charge in [-0.2, -0.15) is 26.3 Å². The van der Waals surface area contributed by atoms with Gasteiger partial charge in [-0.25, -0.2) is 14.8 Å². The van der Waals surface area contributed by atoms with Crippen molar-refractivity contribution in [2.24, 2.45) is 0 Å². The van der Waals surface area contributed by atoms with Gasteiger partial charge in [-0.15, -0.1) is 0 Å². The van der Waals surface area contributed by atoms with Gasteiger partial charge in [-0.1, -0.05) is 12.7 Å². The zero-order chi connectivity index (χ0) is 29.3. The van der Waals surface area contributed by atoms with Gasteiger partial charge >= 0.3 is 18.3 Å². The Hall–Kier alpha value is -3.97. The summed E-state index contributed by atoms with van der Waals surface area (Å²) in [7, 11) is 0. The van der Waals surface area contributed by atoms with Gasteiger partial charge in [0, 0.05) is 31.2 Å². The standard InChI is InChI=1S/C25H24F6N4O4/c1-5-8-39-23(38)19-14(3)32-15(4)33-20(19)22(37)34-6-7-35(13(2)12-34)21(36)16-9-17(24(26,27)28)11-18(10-16)25(29,30)31/h5,9-11,13H,1,6-8,12H2,2-4H3. The van der Waals surface area contributed by atoms with Crippen LogP contribution < -0.4 is 0 Å². The Balaban J connectivity index is 1.87. The van der Waals surface area contributed by atoms with E-state index in [-0.39, 0.29) is 55.1 Å². The van der Waals surface area contributed by atoms with Crippen molar-refractivity contribution in [1.29, 1.82) is 0 Å². The third-order valence-electron chi connectivity index (χ3n) is 5.95. The van der Waals surface area contributed by atoms with E-state index in [1.165, 1.54) is 31.7 Å². The first-order chi connectivity index (χ1) is 18.0. The van der Waals surface area contributed by atoms with Gasteiger partial charge in [0.1, 0.15) is 23.7 Å². The number of hydrogen-bond donors (Lipinski definition) is 0. The fourth-order valence-corrected chi connectivity index (χ4v) is 4.16. The topological polar surface area (TPSA) is 92.7 Å². The number of carbonyl (C=O) groups excluding carboxylic acids is 3. The SMILES string of the molecule is C=CCOC(=O)c1c(C)nc(C)nc1C(=O)N1CCN(C(=O)c2cc(C(F)(F)F)cc(C(F)(F)F)c2)C(C)C1. The van der Waals surface area contributed by atoms with Crippen molar-refractivity contribution in [2.45, 2.75) is 39.2 Å². The summed E-state index contributed by atoms with van der Waals surface area (Å²) in [5.41, 5.74) is -4.17. The molecule has 0 bridgehead atoms. The molecule has 8 nitrogen and oxygen atoms in total. The molecule has 1 fully saturated rings. The van der Waals surface area contributed by atoms with Crippen LogP contribution in [-0.4, -0.2) is 69.8 Å². The molecular formula is C25H24F6N4O4. The molecule has 1 aromatic carbocycles. The summed E-state index contributed by atoms with van der Waals surface area (Å²) in [5.74, 6) is -2.36. The van der Waals surface area contributed by atoms with Crippen LogP contribution in [0.15, 0.2) is 30.9 Å². The van der Waals surface area contributed by atoms with Crippen LogP contribution in [0.1, 0.15) is 60.8 Å². The minimum atomic E-state index is -5.11. The number of nitrogens with zero attached hydrogens (tertiary/aromatic N) is 4. The lowest BCUT2D eigenvalue weighted by molar-refractivity contribution is -0.143. The second kappa shape index (κ2) is 11.0. The molecule has 1 unspecified atom stereocenters. The third-order valence-corrected chi connectivity index (χ3v) is 5.95. The summed E-state index contributed by atoms with van der Waals surface area (Å²) in [4.78, 5) is 49.6. The number of ether oxygens (including phenoxy) is 1. The van der Waals surface area contributed by atoms with Gasteiger partial charge in [0.05, 0.1) is 16.8 Å². The molecule has 210 valence electrons. The first-order valence-corrected chi connectivity index (χ1v) is 11.6. The molecular weight excluding hydrogens is 534 g/mol. The lowest BCUT2D eigenvalue weighted by atomic mass is 10.0. The Kier molecular flexibility index (Phi) is 8.36. The Morgan fingerprint density at radius 3 is 2.10 bits per heavy atom. The molecule has 1 saturated heterocycles. The van der Waals surface area contributed by atoms with Crippen LogP contribution >= 0.6 is 0 Å². The normalized spacial score (nSPS) is 16.2. The highest BCUT2D eigenvalue weighted by atomic mass is 19.4. The Morgan fingerprint density at radius 1 is 1.00 bits per heavy atom. The van der Waals surface area contributed by atoms with Crippen molar-refractivity contribution < 1.29 is 45.5 Å². The molecule has 1 aliphatic rings. The molecule has 1 aromatic heterocycles. The summed E-state index contributed by atoms with van der Waals surface area (Å²) in [5, 5.41) is 0. The molecule has 39 heavy (non-hydrogen) atoms. The maximum absolute atomic E-state index is 13.4. The summed E-state index contributed by atoms with van der Waals surface area (Å²) < 4.78 is 84.5. The van der Waals surface area contributed by atoms with E-state index in [2.05, 4.69) is 16.5 Å². The van der Waals surface area contributed by atoms with Gasteiger partial charge < -0.3 is 14.5 Å². The molecule has 0 radical (unpaired) electrons. The number of piperazine rings is 1. The Labute approximate surface area is 219 Å². The predicted octanol–water partition coefficient (Wildman–Crippen LogP) is 4.46. The van der Waals surface area contributed by atoms with Crippen molar-refractivity contribution in [1.82, 2.24) is 19.8 Å². The maximum atomic E-state index is 13.4. The molecule has 1 atom stereocenters. The molecule has 0 spiro atoms. The predicted molar refractivity (Wildman–Crippen MR) is 125 cm³/mol. The minimum absolute atomic E-state index is 0.0554. The van der Waals surface area contributed by atoms with E-state index in [4.69, 9.17) is 4.74 Å². The summed E-state index contributed by atoms with van der Waals surface area (Å²) in [6, 6.07) is -0.107. The molecule has 0 aliphatic carbocycles. The van der Waals surface area contributed by atoms with Gasteiger partial charge in [-0.05, 0) is 39.0 Å². The quantitative estimate of drug-likeness (QED) is 0.306. The minimum Gasteiger partial charge on any atom is -0.458 e. The van der Waals surface area contributed by atoms with Gasteiger partial charge in [0.25, 0.3) is 11.8 Å². The van der Waals surface area contributed by atoms with E-state index in [1.807, 2.05) is 0 Å². The molecule has 1 aliphatic heterocycles. The molecule has 3 rings (SSSR count). The van der Waals surface area contributed by atoms with Crippen LogP contribution in [0.4, 0.5) is 26.3 Å². The molecule has 2 aromatic rings. The van der Waals surface area contributed by atoms with Crippen molar-refractivity contribution in [3.63, 3.8) is 0 Å². The van der Waals surface area contributed by atoms with Crippen LogP contribution in [0.5, 0.6) is 0 Å². The number of rotatable bonds is 5. The average molecular weight is 558 g/mol. The molecule has 2 amide bonds. The number of carbonyl (C=O) groups is 3. The zero-order valence-corrected chi connectivity index (χ0v) is 21.1. The highest BCUT2D eigenvalue weighted by molar-refractivity contribution is 6.04. The lowest BCUT2D eigenvalue weighted by Crippen LogP contribution is -2.55. The number of alkyl halides is 6. The number of aryl methyl sites for hydroxylation is 2. The number of amides is 2. The molecule has 0 saturated carbocycles. The maximum Gasteiger partial charge on any atom is 0.416 e. The summed E-state index contributed by atoms with van der Waals surface area (Å²) >= 11 is 0. The first kappa shape index (κ1) is 29.6. The number of benzene rings is 1. The van der Waals surface area contributed by atoms with Gasteiger partial charge in [0.15, 0.2) is 0 Å². The second-order valence-corrected chi connectivity index (χ2v) is 8.86. The second-order valence-electron chi connectivity index (χ2n) is 8.86. The van der Waals surface area contributed by atoms with E-state index in [9.17, 15) is 40.7 Å². The van der Waals surface area contributed by atoms with Crippen LogP contribution in [0.3, 0.4) is 0 Å². The summed E-state index contributed by atoms with van der Waals surface area (Å²) in [6.45, 7) is 7.40. The number of esters is 1. The highest BCUT2D eigenvalue weighted by Crippen LogP contribution is 2.36. The number of aromatic nitrogens is 2. The monoisotopic (exact) mass is 558 g/mol. The lowest BCUT2D eigenvalue weighted by Gasteiger charge is -2.40. The van der Waals surface area contributed by atoms with Crippen LogP contribution in [-0.2, 0) is 17.1 Å². The van der Waals surface area contributed by atoms with Crippen molar-refractivity contribution in [2.75, 3.05) is 26.2 Å². The smallest absolute Gasteiger partial charge is 0.416 e. The van der Waals surface area contributed by atoms with Crippen molar-refractivity contribution in [3.05, 3.63) is 70.3 Å². The van der Waals surface area contributed by atoms with E-state index in [0.717, 1.165) is 4.90 Å². The first-order valence-electron chi connectivity index (χ1n) is 11.6. The largest absolute Gasteiger partial charge is 0.458 e. The zero-order valence-electron chi connectivity index (χ0n) is 21.1. The van der Waals surface area contributed by atoms with Crippen LogP contribution in [0.2, 0.25) is 0 Å². The van der Waals surface area contributed by atoms with Crippen molar-refractivity contribution in [3.8, 4) is 0 Å². The molecule has 2 heterocycles. The molecule has 14 heteroatoms. The number of halogens is 6. The number of hydrogen-bond acceptors (Lipinski definition) is 6. The third kappa shape index (κ3) is 6.55. The molecule has 0 N–H and O–H groups in total. The van der Waals surface area contributed by atoms with Gasteiger partial charge in [-0.3, -0.25) is 9.59 Å².